The zero-order chi connectivity index (χ0) is 13.7. The van der Waals surface area contributed by atoms with E-state index in [0.717, 1.165) is 5.56 Å². The van der Waals surface area contributed by atoms with Gasteiger partial charge in [0, 0.05) is 12.6 Å². The number of likely N-dealkylation sites (N-methyl/N-ethyl adjacent to an activating group) is 1. The van der Waals surface area contributed by atoms with Crippen LogP contribution in [0.3, 0.4) is 0 Å². The lowest BCUT2D eigenvalue weighted by atomic mass is 10.0. The van der Waals surface area contributed by atoms with Gasteiger partial charge in [-0.3, -0.25) is 0 Å². The minimum absolute atomic E-state index is 0. The fraction of sp³-hybridized carbons (Fsp3) is 0.538. The van der Waals surface area contributed by atoms with Crippen molar-refractivity contribution in [3.63, 3.8) is 0 Å². The van der Waals surface area contributed by atoms with Crippen molar-refractivity contribution in [3.05, 3.63) is 17.7 Å². The number of hydrogen-bond acceptors (Lipinski definition) is 5. The molecule has 19 heavy (non-hydrogen) atoms. The number of hydrogen-bond donors (Lipinski definition) is 1. The van der Waals surface area contributed by atoms with Crippen molar-refractivity contribution < 1.29 is 14.2 Å². The number of benzene rings is 1. The molecule has 0 bridgehead atoms. The highest BCUT2D eigenvalue weighted by Crippen LogP contribution is 2.40. The van der Waals surface area contributed by atoms with Crippen molar-refractivity contribution in [2.24, 2.45) is 5.73 Å². The summed E-state index contributed by atoms with van der Waals surface area (Å²) in [5.41, 5.74) is 6.84. The first-order chi connectivity index (χ1) is 8.58. The molecular formula is C13H23ClN2O3. The Hall–Kier alpha value is -1.17. The Kier molecular flexibility index (Phi) is 7.59. The summed E-state index contributed by atoms with van der Waals surface area (Å²) in [5, 5.41) is 0. The van der Waals surface area contributed by atoms with E-state index in [-0.39, 0.29) is 18.4 Å². The Bertz CT molecular complexity index is 374. The highest BCUT2D eigenvalue weighted by Gasteiger charge is 2.19. The molecule has 5 nitrogen and oxygen atoms in total. The molecule has 1 rings (SSSR count). The van der Waals surface area contributed by atoms with Crippen molar-refractivity contribution >= 4 is 12.4 Å². The molecule has 1 aromatic rings. The van der Waals surface area contributed by atoms with Crippen LogP contribution in [0.15, 0.2) is 12.1 Å². The molecule has 1 unspecified atom stereocenters. The molecule has 1 atom stereocenters. The molecular weight excluding hydrogens is 268 g/mol. The van der Waals surface area contributed by atoms with Crippen LogP contribution >= 0.6 is 12.4 Å². The van der Waals surface area contributed by atoms with E-state index in [1.165, 1.54) is 0 Å². The zero-order valence-electron chi connectivity index (χ0n) is 12.1. The number of nitrogens with zero attached hydrogens (tertiary/aromatic N) is 1. The van der Waals surface area contributed by atoms with Crippen molar-refractivity contribution in [1.29, 1.82) is 0 Å². The molecule has 1 aromatic carbocycles. The second-order valence-electron chi connectivity index (χ2n) is 4.17. The monoisotopic (exact) mass is 290 g/mol. The van der Waals surface area contributed by atoms with Crippen LogP contribution in [-0.2, 0) is 0 Å². The van der Waals surface area contributed by atoms with Gasteiger partial charge in [0.25, 0.3) is 0 Å². The summed E-state index contributed by atoms with van der Waals surface area (Å²) >= 11 is 0. The van der Waals surface area contributed by atoms with Crippen LogP contribution in [0.5, 0.6) is 17.2 Å². The Balaban J connectivity index is 0.00000324. The van der Waals surface area contributed by atoms with Crippen molar-refractivity contribution in [3.8, 4) is 17.2 Å². The topological polar surface area (TPSA) is 57.0 Å². The summed E-state index contributed by atoms with van der Waals surface area (Å²) < 4.78 is 16.0. The third-order valence-electron chi connectivity index (χ3n) is 2.92. The molecule has 110 valence electrons. The van der Waals surface area contributed by atoms with Crippen LogP contribution in [0.25, 0.3) is 0 Å². The first-order valence-corrected chi connectivity index (χ1v) is 5.75. The smallest absolute Gasteiger partial charge is 0.203 e. The molecule has 0 aliphatic carbocycles. The summed E-state index contributed by atoms with van der Waals surface area (Å²) in [7, 11) is 8.77. The Morgan fingerprint density at radius 3 is 1.79 bits per heavy atom. The second-order valence-corrected chi connectivity index (χ2v) is 4.17. The SMILES string of the molecule is COc1cc(C(CN)N(C)C)cc(OC)c1OC.Cl. The van der Waals surface area contributed by atoms with Crippen LogP contribution in [0.2, 0.25) is 0 Å². The predicted molar refractivity (Wildman–Crippen MR) is 78.8 cm³/mol. The number of rotatable bonds is 6. The first kappa shape index (κ1) is 17.8. The summed E-state index contributed by atoms with van der Waals surface area (Å²) in [6, 6.07) is 3.97. The number of nitrogens with two attached hydrogens (primary N) is 1. The Labute approximate surface area is 121 Å². The van der Waals surface area contributed by atoms with Crippen molar-refractivity contribution in [2.45, 2.75) is 6.04 Å². The Morgan fingerprint density at radius 2 is 1.53 bits per heavy atom. The highest BCUT2D eigenvalue weighted by atomic mass is 35.5. The van der Waals surface area contributed by atoms with Crippen molar-refractivity contribution in [1.82, 2.24) is 4.90 Å². The van der Waals surface area contributed by atoms with Gasteiger partial charge in [0.1, 0.15) is 0 Å². The maximum atomic E-state index is 5.80. The van der Waals surface area contributed by atoms with Gasteiger partial charge in [0.2, 0.25) is 5.75 Å². The third kappa shape index (κ3) is 3.89. The minimum atomic E-state index is 0. The molecule has 0 aliphatic heterocycles. The van der Waals surface area contributed by atoms with E-state index in [0.29, 0.717) is 23.8 Å². The van der Waals surface area contributed by atoms with Gasteiger partial charge in [-0.05, 0) is 31.8 Å². The van der Waals surface area contributed by atoms with Crippen LogP contribution in [-0.4, -0.2) is 46.9 Å². The van der Waals surface area contributed by atoms with E-state index in [1.54, 1.807) is 21.3 Å². The minimum Gasteiger partial charge on any atom is -0.493 e. The van der Waals surface area contributed by atoms with E-state index >= 15 is 0 Å². The molecule has 2 N–H and O–H groups in total. The van der Waals surface area contributed by atoms with Gasteiger partial charge in [-0.2, -0.15) is 0 Å². The van der Waals surface area contributed by atoms with Gasteiger partial charge < -0.3 is 24.8 Å². The number of methoxy groups -OCH3 is 3. The van der Waals surface area contributed by atoms with Crippen molar-refractivity contribution in [2.75, 3.05) is 42.0 Å². The van der Waals surface area contributed by atoms with Crippen LogP contribution < -0.4 is 19.9 Å². The quantitative estimate of drug-likeness (QED) is 0.864. The molecule has 0 fully saturated rings. The number of ether oxygens (including phenoxy) is 3. The molecule has 0 saturated carbocycles. The fourth-order valence-corrected chi connectivity index (χ4v) is 1.94. The van der Waals surface area contributed by atoms with Gasteiger partial charge in [0.05, 0.1) is 21.3 Å². The van der Waals surface area contributed by atoms with E-state index in [4.69, 9.17) is 19.9 Å². The number of halogens is 1. The lowest BCUT2D eigenvalue weighted by Gasteiger charge is -2.24. The normalized spacial score (nSPS) is 11.7. The molecule has 0 saturated heterocycles. The average molecular weight is 291 g/mol. The maximum Gasteiger partial charge on any atom is 0.203 e. The molecule has 0 amide bonds. The second kappa shape index (κ2) is 8.09. The largest absolute Gasteiger partial charge is 0.493 e. The summed E-state index contributed by atoms with van der Waals surface area (Å²) in [4.78, 5) is 2.06. The van der Waals surface area contributed by atoms with Gasteiger partial charge >= 0.3 is 0 Å². The van der Waals surface area contributed by atoms with Crippen LogP contribution in [0, 0.1) is 0 Å². The summed E-state index contributed by atoms with van der Waals surface area (Å²) in [5.74, 6) is 1.89. The first-order valence-electron chi connectivity index (χ1n) is 5.75. The van der Waals surface area contributed by atoms with E-state index in [1.807, 2.05) is 26.2 Å². The molecule has 6 heteroatoms. The fourth-order valence-electron chi connectivity index (χ4n) is 1.94. The molecule has 0 radical (unpaired) electrons. The molecule has 0 spiro atoms. The van der Waals surface area contributed by atoms with Crippen LogP contribution in [0.4, 0.5) is 0 Å². The van der Waals surface area contributed by atoms with Gasteiger partial charge in [0.15, 0.2) is 11.5 Å². The molecule has 0 aromatic heterocycles. The lowest BCUT2D eigenvalue weighted by molar-refractivity contribution is 0.297. The van der Waals surface area contributed by atoms with Crippen LogP contribution in [0.1, 0.15) is 11.6 Å². The van der Waals surface area contributed by atoms with E-state index in [2.05, 4.69) is 4.90 Å². The average Bonchev–Trinajstić information content (AvgIpc) is 2.37. The lowest BCUT2D eigenvalue weighted by Crippen LogP contribution is -2.27. The van der Waals surface area contributed by atoms with E-state index < -0.39 is 0 Å². The van der Waals surface area contributed by atoms with Gasteiger partial charge in [-0.1, -0.05) is 0 Å². The van der Waals surface area contributed by atoms with E-state index in [9.17, 15) is 0 Å². The Morgan fingerprint density at radius 1 is 1.05 bits per heavy atom. The highest BCUT2D eigenvalue weighted by molar-refractivity contribution is 5.85. The third-order valence-corrected chi connectivity index (χ3v) is 2.92. The van der Waals surface area contributed by atoms with Gasteiger partial charge in [-0.25, -0.2) is 0 Å². The zero-order valence-corrected chi connectivity index (χ0v) is 12.9. The molecule has 0 aliphatic rings. The summed E-state index contributed by atoms with van der Waals surface area (Å²) in [6.45, 7) is 0.519. The van der Waals surface area contributed by atoms with Gasteiger partial charge in [-0.15, -0.1) is 12.4 Å². The summed E-state index contributed by atoms with van der Waals surface area (Å²) in [6.07, 6.45) is 0. The standard InChI is InChI=1S/C13H22N2O3.ClH/c1-15(2)10(8-14)9-6-11(16-3)13(18-5)12(7-9)17-4;/h6-7,10H,8,14H2,1-5H3;1H. The maximum absolute atomic E-state index is 5.80. The molecule has 0 heterocycles. The predicted octanol–water partition coefficient (Wildman–Crippen LogP) is 1.70.